The van der Waals surface area contributed by atoms with Crippen LogP contribution in [-0.2, 0) is 6.42 Å². The monoisotopic (exact) mass is 603 g/mol. The lowest BCUT2D eigenvalue weighted by Gasteiger charge is -2.31. The highest BCUT2D eigenvalue weighted by molar-refractivity contribution is 6.03. The van der Waals surface area contributed by atoms with E-state index in [-0.39, 0.29) is 46.1 Å². The Kier molecular flexibility index (Phi) is 7.43. The summed E-state index contributed by atoms with van der Waals surface area (Å²) in [4.78, 5) is 18.9. The number of aromatic nitrogens is 3. The third-order valence-electron chi connectivity index (χ3n) is 9.63. The van der Waals surface area contributed by atoms with Gasteiger partial charge in [-0.05, 0) is 93.1 Å². The Morgan fingerprint density at radius 3 is 2.61 bits per heavy atom. The molecule has 0 spiro atoms. The predicted octanol–water partition coefficient (Wildman–Crippen LogP) is 6.79. The molecular formula is C34H39F2N5O3. The Labute approximate surface area is 256 Å². The first kappa shape index (κ1) is 29.0. The molecule has 2 aromatic heterocycles. The molecule has 1 atom stereocenters. The number of aromatic hydroxyl groups is 1. The fraction of sp³-hybridized carbons (Fsp3) is 0.500. The zero-order valence-corrected chi connectivity index (χ0v) is 25.6. The minimum Gasteiger partial charge on any atom is -0.508 e. The Morgan fingerprint density at radius 2 is 1.86 bits per heavy atom. The van der Waals surface area contributed by atoms with Crippen molar-refractivity contribution in [1.82, 2.24) is 19.9 Å². The Morgan fingerprint density at radius 1 is 1.07 bits per heavy atom. The van der Waals surface area contributed by atoms with Crippen LogP contribution in [0.3, 0.4) is 0 Å². The lowest BCUT2D eigenvalue weighted by molar-refractivity contribution is 0.108. The predicted molar refractivity (Wildman–Crippen MR) is 167 cm³/mol. The highest BCUT2D eigenvalue weighted by Crippen LogP contribution is 2.44. The number of fused-ring (bicyclic) bond motifs is 2. The van der Waals surface area contributed by atoms with Crippen LogP contribution >= 0.6 is 0 Å². The van der Waals surface area contributed by atoms with Gasteiger partial charge in [-0.2, -0.15) is 9.97 Å². The van der Waals surface area contributed by atoms with Crippen molar-refractivity contribution in [3.8, 4) is 28.9 Å². The van der Waals surface area contributed by atoms with E-state index < -0.39 is 11.6 Å². The lowest BCUT2D eigenvalue weighted by Crippen LogP contribution is -2.43. The molecule has 2 fully saturated rings. The zero-order valence-electron chi connectivity index (χ0n) is 25.6. The third kappa shape index (κ3) is 4.78. The van der Waals surface area contributed by atoms with Gasteiger partial charge in [0.2, 0.25) is 5.88 Å². The normalized spacial score (nSPS) is 19.4. The van der Waals surface area contributed by atoms with Crippen molar-refractivity contribution in [3.05, 3.63) is 41.5 Å². The molecule has 1 unspecified atom stereocenters. The Hall–Kier alpha value is -3.79. The van der Waals surface area contributed by atoms with Crippen molar-refractivity contribution in [2.75, 3.05) is 37.7 Å². The summed E-state index contributed by atoms with van der Waals surface area (Å²) in [6.07, 6.45) is 6.43. The topological polar surface area (TPSA) is 83.8 Å². The maximum Gasteiger partial charge on any atom is 0.319 e. The molecule has 0 radical (unpaired) electrons. The number of phenols is 1. The number of pyridine rings is 1. The number of rotatable bonds is 8. The van der Waals surface area contributed by atoms with Gasteiger partial charge in [-0.3, -0.25) is 4.90 Å². The van der Waals surface area contributed by atoms with Crippen LogP contribution in [0, 0.1) is 11.6 Å². The molecule has 7 rings (SSSR count). The summed E-state index contributed by atoms with van der Waals surface area (Å²) in [6.45, 7) is 9.77. The van der Waals surface area contributed by atoms with Crippen molar-refractivity contribution < 1.29 is 23.4 Å². The standard InChI is InChI=1S/C34H39F2N5O3/c1-4-6-13-40-18-20(3)44-32-27-30(38-33(39-31(27)40)43-19-34-11-7-14-41(34)15-8-12-34)28(36)29(37-32)24-17-22(42)16-21-9-10-25(35)23(5-2)26(21)24/h9-10,16-17,20,42H,4-8,11-15,18-19H2,1-3H3. The van der Waals surface area contributed by atoms with E-state index in [2.05, 4.69) is 21.7 Å². The third-order valence-corrected chi connectivity index (χ3v) is 9.63. The summed E-state index contributed by atoms with van der Waals surface area (Å²) in [7, 11) is 0. The van der Waals surface area contributed by atoms with E-state index in [1.165, 1.54) is 12.1 Å². The number of anilines is 1. The second kappa shape index (κ2) is 11.3. The summed E-state index contributed by atoms with van der Waals surface area (Å²) >= 11 is 0. The van der Waals surface area contributed by atoms with Crippen LogP contribution in [0.2, 0.25) is 0 Å². The van der Waals surface area contributed by atoms with Gasteiger partial charge in [-0.15, -0.1) is 0 Å². The fourth-order valence-electron chi connectivity index (χ4n) is 7.52. The minimum absolute atomic E-state index is 0.0276. The number of aryl methyl sites for hydroxylation is 1. The molecule has 2 saturated heterocycles. The van der Waals surface area contributed by atoms with Gasteiger partial charge < -0.3 is 19.5 Å². The van der Waals surface area contributed by atoms with E-state index in [0.29, 0.717) is 53.7 Å². The van der Waals surface area contributed by atoms with Crippen LogP contribution in [0.25, 0.3) is 32.9 Å². The van der Waals surface area contributed by atoms with E-state index in [1.807, 2.05) is 13.8 Å². The number of halogens is 2. The van der Waals surface area contributed by atoms with Crippen LogP contribution in [0.4, 0.5) is 14.6 Å². The Balaban J connectivity index is 1.44. The molecule has 4 aromatic rings. The van der Waals surface area contributed by atoms with Gasteiger partial charge in [0.05, 0.1) is 12.1 Å². The van der Waals surface area contributed by atoms with Gasteiger partial charge in [0.25, 0.3) is 0 Å². The number of benzene rings is 2. The van der Waals surface area contributed by atoms with E-state index >= 15 is 8.78 Å². The van der Waals surface area contributed by atoms with Crippen molar-refractivity contribution in [2.45, 2.75) is 77.4 Å². The highest BCUT2D eigenvalue weighted by atomic mass is 19.1. The summed E-state index contributed by atoms with van der Waals surface area (Å²) in [5, 5.41) is 12.1. The number of phenolic OH excluding ortho intramolecular Hbond substituents is 1. The highest BCUT2D eigenvalue weighted by Gasteiger charge is 2.45. The van der Waals surface area contributed by atoms with E-state index in [9.17, 15) is 5.11 Å². The summed E-state index contributed by atoms with van der Waals surface area (Å²) < 4.78 is 44.7. The summed E-state index contributed by atoms with van der Waals surface area (Å²) in [5.41, 5.74) is 0.659. The van der Waals surface area contributed by atoms with Gasteiger partial charge >= 0.3 is 6.01 Å². The van der Waals surface area contributed by atoms with Gasteiger partial charge in [-0.1, -0.05) is 26.3 Å². The molecule has 232 valence electrons. The maximum atomic E-state index is 16.9. The first-order chi connectivity index (χ1) is 21.3. The zero-order chi connectivity index (χ0) is 30.6. The molecule has 8 nitrogen and oxygen atoms in total. The summed E-state index contributed by atoms with van der Waals surface area (Å²) in [6, 6.07) is 6.07. The largest absolute Gasteiger partial charge is 0.508 e. The van der Waals surface area contributed by atoms with Crippen molar-refractivity contribution in [3.63, 3.8) is 0 Å². The first-order valence-corrected chi connectivity index (χ1v) is 16.0. The van der Waals surface area contributed by atoms with Crippen LogP contribution in [0.1, 0.15) is 64.9 Å². The van der Waals surface area contributed by atoms with Crippen molar-refractivity contribution in [2.24, 2.45) is 0 Å². The molecule has 44 heavy (non-hydrogen) atoms. The van der Waals surface area contributed by atoms with Gasteiger partial charge in [0, 0.05) is 12.1 Å². The molecule has 3 aliphatic heterocycles. The molecule has 0 bridgehead atoms. The molecular weight excluding hydrogens is 564 g/mol. The van der Waals surface area contributed by atoms with E-state index in [1.54, 1.807) is 12.1 Å². The Bertz CT molecular complexity index is 1740. The van der Waals surface area contributed by atoms with E-state index in [0.717, 1.165) is 51.6 Å². The molecule has 0 aliphatic carbocycles. The smallest absolute Gasteiger partial charge is 0.319 e. The SMILES string of the molecule is CCCCN1CC(C)Oc2nc(-c3cc(O)cc4ccc(F)c(CC)c34)c(F)c3nc(OCC45CCCN4CCC5)nc1c23. The van der Waals surface area contributed by atoms with Crippen LogP contribution in [0.15, 0.2) is 24.3 Å². The summed E-state index contributed by atoms with van der Waals surface area (Å²) in [5.74, 6) is -0.394. The second-order valence-electron chi connectivity index (χ2n) is 12.5. The molecule has 0 saturated carbocycles. The van der Waals surface area contributed by atoms with Crippen LogP contribution < -0.4 is 14.4 Å². The fourth-order valence-corrected chi connectivity index (χ4v) is 7.52. The molecule has 2 aromatic carbocycles. The van der Waals surface area contributed by atoms with E-state index in [4.69, 9.17) is 19.4 Å². The first-order valence-electron chi connectivity index (χ1n) is 16.0. The maximum absolute atomic E-state index is 16.9. The van der Waals surface area contributed by atoms with Crippen molar-refractivity contribution in [1.29, 1.82) is 0 Å². The number of ether oxygens (including phenoxy) is 2. The molecule has 0 amide bonds. The second-order valence-corrected chi connectivity index (χ2v) is 12.5. The minimum atomic E-state index is -0.689. The number of hydrogen-bond acceptors (Lipinski definition) is 8. The molecule has 3 aliphatic rings. The lowest BCUT2D eigenvalue weighted by atomic mass is 9.94. The quantitative estimate of drug-likeness (QED) is 0.236. The average Bonchev–Trinajstić information content (AvgIpc) is 3.56. The number of nitrogens with zero attached hydrogens (tertiary/aromatic N) is 5. The molecule has 1 N–H and O–H groups in total. The number of unbranched alkanes of at least 4 members (excludes halogenated alkanes) is 1. The van der Waals surface area contributed by atoms with Gasteiger partial charge in [0.1, 0.15) is 46.7 Å². The average molecular weight is 604 g/mol. The number of hydrogen-bond donors (Lipinski definition) is 1. The molecule has 10 heteroatoms. The van der Waals surface area contributed by atoms with Gasteiger partial charge in [-0.25, -0.2) is 13.8 Å². The van der Waals surface area contributed by atoms with Crippen LogP contribution in [0.5, 0.6) is 17.6 Å². The molecule has 5 heterocycles. The van der Waals surface area contributed by atoms with Crippen LogP contribution in [-0.4, -0.2) is 69.4 Å². The van der Waals surface area contributed by atoms with Crippen molar-refractivity contribution >= 4 is 27.5 Å². The van der Waals surface area contributed by atoms with Gasteiger partial charge in [0.15, 0.2) is 5.82 Å².